The number of methoxy groups -OCH3 is 1. The van der Waals surface area contributed by atoms with Crippen LogP contribution >= 0.6 is 0 Å². The highest BCUT2D eigenvalue weighted by Crippen LogP contribution is 2.75. The number of H-pyrrole nitrogens is 1. The molecule has 1 amide bonds. The summed E-state index contributed by atoms with van der Waals surface area (Å²) in [5.74, 6) is 1.01. The molecule has 3 aromatic rings. The van der Waals surface area contributed by atoms with Gasteiger partial charge in [-0.1, -0.05) is 109 Å². The quantitative estimate of drug-likeness (QED) is 0.207. The summed E-state index contributed by atoms with van der Waals surface area (Å²) in [5.41, 5.74) is 6.88. The van der Waals surface area contributed by atoms with Gasteiger partial charge in [0.15, 0.2) is 0 Å². The number of hydrogen-bond donors (Lipinski definition) is 2. The minimum atomic E-state index is -0.704. The minimum absolute atomic E-state index is 0.0161. The standard InChI is InChI=1S/C46H60N2O3/c1-41(2)22-24-46(40(50)48-35(39(49)51-8)26-29-14-10-9-11-15-29)25-23-44(6)32(33(46)28-41)18-19-37-43(5)27-31-30-16-12-13-17-34(30)47-38(31)42(3,4)36(43)20-21-45(37,44)7/h9-18,33,35-37,47H,19-28H2,1-8H3,(H,48,50)/t33-,35-,36-,37+,43-,44+,45+,46-/m0/s1. The maximum absolute atomic E-state index is 14.9. The van der Waals surface area contributed by atoms with Gasteiger partial charge in [0, 0.05) is 28.4 Å². The van der Waals surface area contributed by atoms with E-state index in [1.807, 2.05) is 30.3 Å². The van der Waals surface area contributed by atoms with Crippen molar-refractivity contribution in [2.24, 2.45) is 44.8 Å². The van der Waals surface area contributed by atoms with E-state index >= 15 is 0 Å². The van der Waals surface area contributed by atoms with E-state index in [9.17, 15) is 9.59 Å². The van der Waals surface area contributed by atoms with Gasteiger partial charge in [-0.25, -0.2) is 4.79 Å². The van der Waals surface area contributed by atoms with Gasteiger partial charge in [0.2, 0.25) is 5.91 Å². The summed E-state index contributed by atoms with van der Waals surface area (Å²) in [6.07, 6.45) is 12.5. The molecule has 0 spiro atoms. The first-order valence-corrected chi connectivity index (χ1v) is 19.8. The Hall–Kier alpha value is -3.34. The molecule has 2 aromatic carbocycles. The number of rotatable bonds is 5. The maximum Gasteiger partial charge on any atom is 0.328 e. The molecular formula is C46H60N2O3. The molecule has 51 heavy (non-hydrogen) atoms. The number of amides is 1. The van der Waals surface area contributed by atoms with E-state index in [2.05, 4.69) is 89.1 Å². The van der Waals surface area contributed by atoms with Crippen LogP contribution < -0.4 is 5.32 Å². The number of nitrogens with one attached hydrogen (secondary N) is 2. The normalized spacial score (nSPS) is 36.6. The van der Waals surface area contributed by atoms with Crippen molar-refractivity contribution in [3.63, 3.8) is 0 Å². The molecule has 2 N–H and O–H groups in total. The predicted molar refractivity (Wildman–Crippen MR) is 205 cm³/mol. The lowest BCUT2D eigenvalue weighted by Gasteiger charge is -2.70. The Morgan fingerprint density at radius 3 is 2.33 bits per heavy atom. The monoisotopic (exact) mass is 688 g/mol. The second-order valence-corrected chi connectivity index (χ2v) is 19.5. The summed E-state index contributed by atoms with van der Waals surface area (Å²) in [6, 6.07) is 18.2. The van der Waals surface area contributed by atoms with Crippen molar-refractivity contribution in [2.45, 2.75) is 124 Å². The number of carbonyl (C=O) groups is 2. The average Bonchev–Trinajstić information content (AvgIpc) is 3.47. The van der Waals surface area contributed by atoms with Gasteiger partial charge in [-0.15, -0.1) is 0 Å². The second kappa shape index (κ2) is 11.6. The molecule has 5 nitrogen and oxygen atoms in total. The van der Waals surface area contributed by atoms with Crippen LogP contribution in [-0.2, 0) is 32.6 Å². The van der Waals surface area contributed by atoms with Gasteiger partial charge in [0.05, 0.1) is 12.5 Å². The smallest absolute Gasteiger partial charge is 0.328 e. The highest BCUT2D eigenvalue weighted by molar-refractivity contribution is 5.89. The van der Waals surface area contributed by atoms with E-state index in [-0.39, 0.29) is 44.9 Å². The number of carbonyl (C=O) groups excluding carboxylic acids is 2. The number of allylic oxidation sites excluding steroid dienone is 2. The highest BCUT2D eigenvalue weighted by atomic mass is 16.5. The number of hydrogen-bond acceptors (Lipinski definition) is 3. The molecule has 3 fully saturated rings. The molecule has 0 bridgehead atoms. The third kappa shape index (κ3) is 4.91. The lowest BCUT2D eigenvalue weighted by Crippen LogP contribution is -2.65. The number of ether oxygens (including phenoxy) is 1. The largest absolute Gasteiger partial charge is 0.467 e. The summed E-state index contributed by atoms with van der Waals surface area (Å²) in [6.45, 7) is 17.7. The molecule has 272 valence electrons. The summed E-state index contributed by atoms with van der Waals surface area (Å²) in [7, 11) is 1.43. The van der Waals surface area contributed by atoms with E-state index in [0.717, 1.165) is 50.5 Å². The van der Waals surface area contributed by atoms with Crippen molar-refractivity contribution < 1.29 is 14.3 Å². The molecule has 5 heteroatoms. The Bertz CT molecular complexity index is 1900. The van der Waals surface area contributed by atoms with Crippen LogP contribution in [0.3, 0.4) is 0 Å². The van der Waals surface area contributed by atoms with Crippen LogP contribution in [0, 0.1) is 44.8 Å². The Labute approximate surface area is 305 Å². The Morgan fingerprint density at radius 1 is 0.882 bits per heavy atom. The highest BCUT2D eigenvalue weighted by Gasteiger charge is 2.69. The molecule has 1 heterocycles. The van der Waals surface area contributed by atoms with Crippen molar-refractivity contribution in [1.29, 1.82) is 0 Å². The summed E-state index contributed by atoms with van der Waals surface area (Å²) < 4.78 is 5.25. The first kappa shape index (κ1) is 34.7. The number of benzene rings is 2. The average molecular weight is 689 g/mol. The van der Waals surface area contributed by atoms with Crippen LogP contribution in [0.5, 0.6) is 0 Å². The first-order valence-electron chi connectivity index (χ1n) is 19.8. The molecule has 5 aliphatic carbocycles. The molecule has 8 atom stereocenters. The van der Waals surface area contributed by atoms with Crippen molar-refractivity contribution in [3.05, 3.63) is 83.1 Å². The van der Waals surface area contributed by atoms with E-state index in [1.165, 1.54) is 36.5 Å². The van der Waals surface area contributed by atoms with Gasteiger partial charge < -0.3 is 15.0 Å². The van der Waals surface area contributed by atoms with Crippen LogP contribution in [0.2, 0.25) is 0 Å². The molecule has 0 unspecified atom stereocenters. The molecule has 1 aromatic heterocycles. The fourth-order valence-electron chi connectivity index (χ4n) is 13.4. The van der Waals surface area contributed by atoms with Crippen molar-refractivity contribution in [1.82, 2.24) is 10.3 Å². The van der Waals surface area contributed by atoms with Gasteiger partial charge in [-0.3, -0.25) is 4.79 Å². The fourth-order valence-corrected chi connectivity index (χ4v) is 13.4. The van der Waals surface area contributed by atoms with Gasteiger partial charge in [-0.05, 0) is 114 Å². The SMILES string of the molecule is COC(=O)[C@H](Cc1ccccc1)NC(=O)[C@]12CCC(C)(C)C[C@H]1C1=CC[C@@H]3[C@@]4(C)Cc5c([nH]c6ccccc56)C(C)(C)[C@@H]4CC[C@@]3(C)[C@]1(C)CC2. The zero-order chi connectivity index (χ0) is 36.2. The Morgan fingerprint density at radius 2 is 1.59 bits per heavy atom. The summed E-state index contributed by atoms with van der Waals surface area (Å²) in [4.78, 5) is 31.9. The second-order valence-electron chi connectivity index (χ2n) is 19.5. The number of esters is 1. The first-order chi connectivity index (χ1) is 24.1. The van der Waals surface area contributed by atoms with Crippen molar-refractivity contribution >= 4 is 22.8 Å². The van der Waals surface area contributed by atoms with Crippen LogP contribution in [0.15, 0.2) is 66.2 Å². The lowest BCUT2D eigenvalue weighted by molar-refractivity contribution is -0.168. The molecular weight excluding hydrogens is 629 g/mol. The summed E-state index contributed by atoms with van der Waals surface area (Å²) >= 11 is 0. The van der Waals surface area contributed by atoms with Gasteiger partial charge in [-0.2, -0.15) is 0 Å². The zero-order valence-electron chi connectivity index (χ0n) is 32.4. The van der Waals surface area contributed by atoms with Crippen LogP contribution in [0.4, 0.5) is 0 Å². The van der Waals surface area contributed by atoms with E-state index in [4.69, 9.17) is 4.74 Å². The van der Waals surface area contributed by atoms with Crippen LogP contribution in [-0.4, -0.2) is 30.0 Å². The number of aromatic amines is 1. The lowest BCUT2D eigenvalue weighted by atomic mass is 9.33. The topological polar surface area (TPSA) is 71.2 Å². The fraction of sp³-hybridized carbons (Fsp3) is 0.609. The van der Waals surface area contributed by atoms with Crippen LogP contribution in [0.25, 0.3) is 10.9 Å². The van der Waals surface area contributed by atoms with E-state index in [0.29, 0.717) is 18.3 Å². The molecule has 8 rings (SSSR count). The number of fused-ring (bicyclic) bond motifs is 10. The maximum atomic E-state index is 14.9. The van der Waals surface area contributed by atoms with Gasteiger partial charge >= 0.3 is 5.97 Å². The number of aromatic nitrogens is 1. The molecule has 0 radical (unpaired) electrons. The molecule has 3 saturated carbocycles. The third-order valence-corrected chi connectivity index (χ3v) is 16.3. The minimum Gasteiger partial charge on any atom is -0.467 e. The third-order valence-electron chi connectivity index (χ3n) is 16.3. The predicted octanol–water partition coefficient (Wildman–Crippen LogP) is 9.88. The summed E-state index contributed by atoms with van der Waals surface area (Å²) in [5, 5.41) is 4.71. The van der Waals surface area contributed by atoms with Crippen molar-refractivity contribution in [2.75, 3.05) is 7.11 Å². The van der Waals surface area contributed by atoms with Crippen molar-refractivity contribution in [3.8, 4) is 0 Å². The van der Waals surface area contributed by atoms with E-state index in [1.54, 1.807) is 11.1 Å². The Kier molecular flexibility index (Phi) is 7.88. The molecule has 0 aliphatic heterocycles. The Balaban J connectivity index is 1.17. The van der Waals surface area contributed by atoms with Crippen LogP contribution in [0.1, 0.15) is 117 Å². The molecule has 0 saturated heterocycles. The number of para-hydroxylation sites is 1. The van der Waals surface area contributed by atoms with E-state index < -0.39 is 11.5 Å². The molecule has 5 aliphatic rings. The van der Waals surface area contributed by atoms with Gasteiger partial charge in [0.1, 0.15) is 6.04 Å². The zero-order valence-corrected chi connectivity index (χ0v) is 32.4. The van der Waals surface area contributed by atoms with Gasteiger partial charge in [0.25, 0.3) is 0 Å².